The van der Waals surface area contributed by atoms with E-state index in [2.05, 4.69) is 37.9 Å². The van der Waals surface area contributed by atoms with Crippen LogP contribution < -0.4 is 0 Å². The Morgan fingerprint density at radius 3 is 2.24 bits per heavy atom. The third-order valence-corrected chi connectivity index (χ3v) is 4.35. The quantitative estimate of drug-likeness (QED) is 0.845. The maximum atomic E-state index is 9.00. The van der Waals surface area contributed by atoms with Gasteiger partial charge in [0.25, 0.3) is 0 Å². The molecule has 0 bridgehead atoms. The molecular formula is C15H23NO. The van der Waals surface area contributed by atoms with Gasteiger partial charge in [0.1, 0.15) is 0 Å². The predicted octanol–water partition coefficient (Wildman–Crippen LogP) is 2.80. The second-order valence-electron chi connectivity index (χ2n) is 5.72. The Morgan fingerprint density at radius 2 is 1.76 bits per heavy atom. The minimum absolute atomic E-state index is 0.130. The first-order valence-electron chi connectivity index (χ1n) is 6.44. The Balaban J connectivity index is 1.95. The van der Waals surface area contributed by atoms with Crippen molar-refractivity contribution in [1.82, 2.24) is 4.90 Å². The maximum Gasteiger partial charge on any atom is 0.0681 e. The Morgan fingerprint density at radius 1 is 1.24 bits per heavy atom. The smallest absolute Gasteiger partial charge is 0.0681 e. The van der Waals surface area contributed by atoms with Crippen LogP contribution in [0.25, 0.3) is 0 Å². The lowest BCUT2D eigenvalue weighted by Crippen LogP contribution is -2.34. The molecule has 1 atom stereocenters. The number of rotatable bonds is 5. The lowest BCUT2D eigenvalue weighted by Gasteiger charge is -2.30. The van der Waals surface area contributed by atoms with Gasteiger partial charge in [-0.25, -0.2) is 0 Å². The molecule has 17 heavy (non-hydrogen) atoms. The van der Waals surface area contributed by atoms with Crippen molar-refractivity contribution in [2.45, 2.75) is 45.9 Å². The molecule has 2 rings (SSSR count). The lowest BCUT2D eigenvalue weighted by atomic mass is 9.99. The largest absolute Gasteiger partial charge is 0.392 e. The molecule has 94 valence electrons. The van der Waals surface area contributed by atoms with Gasteiger partial charge in [-0.05, 0) is 43.4 Å². The summed E-state index contributed by atoms with van der Waals surface area (Å²) in [5.74, 6) is 0. The normalized spacial score (nSPS) is 19.4. The fourth-order valence-electron chi connectivity index (χ4n) is 2.32. The minimum Gasteiger partial charge on any atom is -0.392 e. The Hall–Kier alpha value is -0.860. The number of hydrogen-bond donors (Lipinski definition) is 1. The van der Waals surface area contributed by atoms with E-state index in [1.807, 2.05) is 12.1 Å². The second-order valence-corrected chi connectivity index (χ2v) is 5.72. The lowest BCUT2D eigenvalue weighted by molar-refractivity contribution is 0.178. The molecule has 1 fully saturated rings. The van der Waals surface area contributed by atoms with Crippen molar-refractivity contribution in [2.75, 3.05) is 7.05 Å². The zero-order chi connectivity index (χ0) is 12.5. The van der Waals surface area contributed by atoms with Crippen molar-refractivity contribution in [3.8, 4) is 0 Å². The van der Waals surface area contributed by atoms with Crippen LogP contribution >= 0.6 is 0 Å². The van der Waals surface area contributed by atoms with Crippen molar-refractivity contribution < 1.29 is 5.11 Å². The topological polar surface area (TPSA) is 23.5 Å². The van der Waals surface area contributed by atoms with Gasteiger partial charge in [-0.1, -0.05) is 31.2 Å². The van der Waals surface area contributed by atoms with Crippen LogP contribution in [0.15, 0.2) is 24.3 Å². The van der Waals surface area contributed by atoms with Crippen molar-refractivity contribution in [1.29, 1.82) is 0 Å². The highest BCUT2D eigenvalue weighted by Crippen LogP contribution is 2.49. The number of aliphatic hydroxyl groups excluding tert-OH is 1. The SMILES string of the molecule is CC(N(C)Cc1ccc(CO)cc1)C1(C)CC1. The first kappa shape index (κ1) is 12.6. The van der Waals surface area contributed by atoms with E-state index < -0.39 is 0 Å². The van der Waals surface area contributed by atoms with Crippen LogP contribution in [0.3, 0.4) is 0 Å². The van der Waals surface area contributed by atoms with Crippen LogP contribution in [0.2, 0.25) is 0 Å². The van der Waals surface area contributed by atoms with Crippen molar-refractivity contribution in [2.24, 2.45) is 5.41 Å². The van der Waals surface area contributed by atoms with Crippen molar-refractivity contribution >= 4 is 0 Å². The first-order valence-corrected chi connectivity index (χ1v) is 6.44. The Kier molecular flexibility index (Phi) is 3.55. The molecule has 1 aromatic rings. The zero-order valence-corrected chi connectivity index (χ0v) is 11.1. The van der Waals surface area contributed by atoms with Gasteiger partial charge in [0.2, 0.25) is 0 Å². The van der Waals surface area contributed by atoms with E-state index in [1.165, 1.54) is 18.4 Å². The summed E-state index contributed by atoms with van der Waals surface area (Å²) in [6, 6.07) is 8.88. The number of benzene rings is 1. The summed E-state index contributed by atoms with van der Waals surface area (Å²) in [4.78, 5) is 2.43. The Bertz CT molecular complexity index is 367. The standard InChI is InChI=1S/C15H23NO/c1-12(15(2)8-9-15)16(3)10-13-4-6-14(11-17)7-5-13/h4-7,12,17H,8-11H2,1-3H3. The third kappa shape index (κ3) is 2.88. The summed E-state index contributed by atoms with van der Waals surface area (Å²) >= 11 is 0. The van der Waals surface area contributed by atoms with E-state index in [0.29, 0.717) is 11.5 Å². The van der Waals surface area contributed by atoms with Gasteiger partial charge in [-0.2, -0.15) is 0 Å². The van der Waals surface area contributed by atoms with Crippen LogP contribution in [0.4, 0.5) is 0 Å². The molecule has 0 saturated heterocycles. The highest BCUT2D eigenvalue weighted by Gasteiger charge is 2.43. The molecule has 1 saturated carbocycles. The number of aliphatic hydroxyl groups is 1. The molecule has 0 heterocycles. The van der Waals surface area contributed by atoms with Crippen molar-refractivity contribution in [3.63, 3.8) is 0 Å². The van der Waals surface area contributed by atoms with Gasteiger partial charge < -0.3 is 5.11 Å². The molecule has 1 N–H and O–H groups in total. The molecule has 1 aromatic carbocycles. The van der Waals surface area contributed by atoms with Crippen LogP contribution in [0, 0.1) is 5.41 Å². The highest BCUT2D eigenvalue weighted by atomic mass is 16.3. The molecule has 1 aliphatic rings. The van der Waals surface area contributed by atoms with Gasteiger partial charge in [0, 0.05) is 12.6 Å². The van der Waals surface area contributed by atoms with Gasteiger partial charge in [-0.3, -0.25) is 4.90 Å². The molecule has 0 radical (unpaired) electrons. The predicted molar refractivity (Wildman–Crippen MR) is 70.6 cm³/mol. The van der Waals surface area contributed by atoms with Crippen LogP contribution in [0.1, 0.15) is 37.8 Å². The fourth-order valence-corrected chi connectivity index (χ4v) is 2.32. The van der Waals surface area contributed by atoms with Gasteiger partial charge in [0.15, 0.2) is 0 Å². The second kappa shape index (κ2) is 4.79. The van der Waals surface area contributed by atoms with Crippen molar-refractivity contribution in [3.05, 3.63) is 35.4 Å². The summed E-state index contributed by atoms with van der Waals surface area (Å²) in [7, 11) is 2.20. The van der Waals surface area contributed by atoms with Crippen LogP contribution in [-0.2, 0) is 13.2 Å². The van der Waals surface area contributed by atoms with Crippen LogP contribution in [-0.4, -0.2) is 23.1 Å². The van der Waals surface area contributed by atoms with E-state index in [4.69, 9.17) is 5.11 Å². The van der Waals surface area contributed by atoms with E-state index in [9.17, 15) is 0 Å². The van der Waals surface area contributed by atoms with Gasteiger partial charge in [-0.15, -0.1) is 0 Å². The number of nitrogens with zero attached hydrogens (tertiary/aromatic N) is 1. The summed E-state index contributed by atoms with van der Waals surface area (Å²) in [5, 5.41) is 9.00. The average molecular weight is 233 g/mol. The highest BCUT2D eigenvalue weighted by molar-refractivity contribution is 5.22. The molecular weight excluding hydrogens is 210 g/mol. The molecule has 0 aromatic heterocycles. The van der Waals surface area contributed by atoms with E-state index in [1.54, 1.807) is 0 Å². The molecule has 2 heteroatoms. The molecule has 1 aliphatic carbocycles. The molecule has 2 nitrogen and oxygen atoms in total. The Labute approximate surface area is 104 Å². The average Bonchev–Trinajstić information content (AvgIpc) is 3.08. The zero-order valence-electron chi connectivity index (χ0n) is 11.1. The van der Waals surface area contributed by atoms with E-state index >= 15 is 0 Å². The monoisotopic (exact) mass is 233 g/mol. The molecule has 0 spiro atoms. The summed E-state index contributed by atoms with van der Waals surface area (Å²) in [6.45, 7) is 5.82. The van der Waals surface area contributed by atoms with E-state index in [0.717, 1.165) is 12.1 Å². The molecule has 1 unspecified atom stereocenters. The third-order valence-electron chi connectivity index (χ3n) is 4.35. The summed E-state index contributed by atoms with van der Waals surface area (Å²) in [5.41, 5.74) is 2.85. The molecule has 0 aliphatic heterocycles. The van der Waals surface area contributed by atoms with Crippen LogP contribution in [0.5, 0.6) is 0 Å². The van der Waals surface area contributed by atoms with E-state index in [-0.39, 0.29) is 6.61 Å². The first-order chi connectivity index (χ1) is 8.05. The summed E-state index contributed by atoms with van der Waals surface area (Å²) in [6.07, 6.45) is 2.73. The van der Waals surface area contributed by atoms with Gasteiger partial charge in [0.05, 0.1) is 6.61 Å². The summed E-state index contributed by atoms with van der Waals surface area (Å²) < 4.78 is 0. The van der Waals surface area contributed by atoms with Gasteiger partial charge >= 0.3 is 0 Å². The number of hydrogen-bond acceptors (Lipinski definition) is 2. The molecule has 0 amide bonds. The maximum absolute atomic E-state index is 9.00. The fraction of sp³-hybridized carbons (Fsp3) is 0.600. The minimum atomic E-state index is 0.130.